The second kappa shape index (κ2) is 9.90. The number of carbonyl (C=O) groups excluding carboxylic acids is 1. The van der Waals surface area contributed by atoms with E-state index >= 15 is 0 Å². The largest absolute Gasteiger partial charge is 0.495 e. The summed E-state index contributed by atoms with van der Waals surface area (Å²) in [7, 11) is -1.09. The van der Waals surface area contributed by atoms with E-state index in [0.717, 1.165) is 0 Å². The van der Waals surface area contributed by atoms with Crippen molar-refractivity contribution in [2.75, 3.05) is 27.3 Å². The van der Waals surface area contributed by atoms with E-state index < -0.39 is 27.8 Å². The van der Waals surface area contributed by atoms with Crippen LogP contribution in [-0.4, -0.2) is 45.9 Å². The third-order valence-electron chi connectivity index (χ3n) is 4.77. The van der Waals surface area contributed by atoms with Crippen molar-refractivity contribution in [3.63, 3.8) is 0 Å². The van der Waals surface area contributed by atoms with Gasteiger partial charge in [0.05, 0.1) is 20.3 Å². The van der Waals surface area contributed by atoms with Crippen LogP contribution < -0.4 is 14.8 Å². The first-order valence-electron chi connectivity index (χ1n) is 9.52. The molecule has 0 fully saturated rings. The summed E-state index contributed by atoms with van der Waals surface area (Å²) in [5, 5.41) is 2.75. The van der Waals surface area contributed by atoms with Gasteiger partial charge in [0.2, 0.25) is 10.0 Å². The zero-order chi connectivity index (χ0) is 22.5. The number of methoxy groups -OCH3 is 2. The van der Waals surface area contributed by atoms with Crippen molar-refractivity contribution in [3.05, 3.63) is 53.3 Å². The lowest BCUT2D eigenvalue weighted by atomic mass is 10.1. The van der Waals surface area contributed by atoms with Gasteiger partial charge in [-0.2, -0.15) is 4.31 Å². The monoisotopic (exact) mass is 438 g/mol. The maximum absolute atomic E-state index is 14.0. The van der Waals surface area contributed by atoms with Crippen LogP contribution in [0.25, 0.3) is 0 Å². The summed E-state index contributed by atoms with van der Waals surface area (Å²) >= 11 is 0. The minimum Gasteiger partial charge on any atom is -0.495 e. The summed E-state index contributed by atoms with van der Waals surface area (Å²) in [6.45, 7) is 5.76. The molecule has 1 N–H and O–H groups in total. The number of sulfonamides is 1. The van der Waals surface area contributed by atoms with Crippen molar-refractivity contribution in [1.82, 2.24) is 9.62 Å². The minimum absolute atomic E-state index is 0.0792. The van der Waals surface area contributed by atoms with Gasteiger partial charge in [0.15, 0.2) is 11.6 Å². The van der Waals surface area contributed by atoms with Crippen molar-refractivity contribution in [3.8, 4) is 11.5 Å². The number of rotatable bonds is 9. The van der Waals surface area contributed by atoms with Crippen molar-refractivity contribution < 1.29 is 27.1 Å². The van der Waals surface area contributed by atoms with Crippen LogP contribution >= 0.6 is 0 Å². The Bertz CT molecular complexity index is 1010. The molecule has 0 spiro atoms. The van der Waals surface area contributed by atoms with Crippen LogP contribution in [-0.2, 0) is 10.0 Å². The molecule has 2 aromatic carbocycles. The predicted octanol–water partition coefficient (Wildman–Crippen LogP) is 3.36. The van der Waals surface area contributed by atoms with E-state index in [-0.39, 0.29) is 22.0 Å². The molecule has 0 aliphatic heterocycles. The summed E-state index contributed by atoms with van der Waals surface area (Å²) in [6.07, 6.45) is 0. The van der Waals surface area contributed by atoms with Crippen molar-refractivity contribution in [2.24, 2.45) is 0 Å². The molecule has 30 heavy (non-hydrogen) atoms. The fraction of sp³-hybridized carbons (Fsp3) is 0.381. The molecule has 0 saturated heterocycles. The lowest BCUT2D eigenvalue weighted by molar-refractivity contribution is 0.0939. The van der Waals surface area contributed by atoms with Gasteiger partial charge in [0.25, 0.3) is 5.91 Å². The number of nitrogens with zero attached hydrogens (tertiary/aromatic N) is 1. The number of amides is 1. The molecule has 164 valence electrons. The van der Waals surface area contributed by atoms with Crippen LogP contribution in [0.5, 0.6) is 11.5 Å². The maximum Gasteiger partial charge on any atom is 0.251 e. The Balaban J connectivity index is 2.33. The molecule has 0 bridgehead atoms. The lowest BCUT2D eigenvalue weighted by Crippen LogP contribution is -2.31. The average molecular weight is 439 g/mol. The number of ether oxygens (including phenoxy) is 2. The predicted molar refractivity (Wildman–Crippen MR) is 112 cm³/mol. The van der Waals surface area contributed by atoms with E-state index in [1.807, 2.05) is 0 Å². The fourth-order valence-corrected chi connectivity index (χ4v) is 4.68. The number of halogens is 1. The van der Waals surface area contributed by atoms with E-state index in [9.17, 15) is 17.6 Å². The normalized spacial score (nSPS) is 12.5. The van der Waals surface area contributed by atoms with Gasteiger partial charge in [-0.25, -0.2) is 12.8 Å². The minimum atomic E-state index is -3.83. The number of hydrogen-bond donors (Lipinski definition) is 1. The Kier molecular flexibility index (Phi) is 7.80. The molecule has 0 aromatic heterocycles. The van der Waals surface area contributed by atoms with Gasteiger partial charge in [-0.05, 0) is 42.8 Å². The smallest absolute Gasteiger partial charge is 0.251 e. The first-order chi connectivity index (χ1) is 14.2. The highest BCUT2D eigenvalue weighted by Gasteiger charge is 2.27. The number of hydrogen-bond acceptors (Lipinski definition) is 5. The van der Waals surface area contributed by atoms with Gasteiger partial charge >= 0.3 is 0 Å². The molecule has 0 aliphatic rings. The number of carbonyl (C=O) groups is 1. The first-order valence-corrected chi connectivity index (χ1v) is 11.0. The second-order valence-corrected chi connectivity index (χ2v) is 8.45. The lowest BCUT2D eigenvalue weighted by Gasteiger charge is -2.21. The Morgan fingerprint density at radius 3 is 2.20 bits per heavy atom. The molecule has 0 radical (unpaired) electrons. The van der Waals surface area contributed by atoms with E-state index in [1.165, 1.54) is 48.9 Å². The highest BCUT2D eigenvalue weighted by Crippen LogP contribution is 2.28. The molecule has 0 aliphatic carbocycles. The molecule has 7 nitrogen and oxygen atoms in total. The molecule has 9 heteroatoms. The topological polar surface area (TPSA) is 84.9 Å². The molecule has 1 atom stereocenters. The molecular weight excluding hydrogens is 411 g/mol. The van der Waals surface area contributed by atoms with Crippen LogP contribution in [0.2, 0.25) is 0 Å². The summed E-state index contributed by atoms with van der Waals surface area (Å²) in [5.41, 5.74) is 0.702. The van der Waals surface area contributed by atoms with Crippen LogP contribution in [0.15, 0.2) is 41.3 Å². The first kappa shape index (κ1) is 23.6. The van der Waals surface area contributed by atoms with E-state index in [1.54, 1.807) is 26.8 Å². The van der Waals surface area contributed by atoms with Gasteiger partial charge < -0.3 is 14.8 Å². The maximum atomic E-state index is 14.0. The molecule has 2 aromatic rings. The van der Waals surface area contributed by atoms with E-state index in [2.05, 4.69) is 5.32 Å². The summed E-state index contributed by atoms with van der Waals surface area (Å²) in [4.78, 5) is 12.7. The van der Waals surface area contributed by atoms with E-state index in [4.69, 9.17) is 9.47 Å². The molecule has 1 amide bonds. The highest BCUT2D eigenvalue weighted by atomic mass is 32.2. The van der Waals surface area contributed by atoms with Gasteiger partial charge in [-0.15, -0.1) is 0 Å². The van der Waals surface area contributed by atoms with Crippen LogP contribution in [0.3, 0.4) is 0 Å². The summed E-state index contributed by atoms with van der Waals surface area (Å²) in [5.74, 6) is -0.757. The third kappa shape index (κ3) is 4.91. The third-order valence-corrected chi connectivity index (χ3v) is 6.84. The second-order valence-electron chi connectivity index (χ2n) is 6.54. The summed E-state index contributed by atoms with van der Waals surface area (Å²) in [6, 6.07) is 8.13. The highest BCUT2D eigenvalue weighted by molar-refractivity contribution is 7.89. The van der Waals surface area contributed by atoms with Gasteiger partial charge in [-0.3, -0.25) is 4.79 Å². The SMILES string of the molecule is CCN(CC)S(=O)(=O)c1cc(C(=O)NC(C)c2ccc(OC)c(F)c2)ccc1OC. The quantitative estimate of drug-likeness (QED) is 0.649. The fourth-order valence-electron chi connectivity index (χ4n) is 3.04. The zero-order valence-corrected chi connectivity index (χ0v) is 18.5. The Morgan fingerprint density at radius 2 is 1.67 bits per heavy atom. The number of benzene rings is 2. The molecule has 0 heterocycles. The van der Waals surface area contributed by atoms with Crippen LogP contribution in [0, 0.1) is 5.82 Å². The molecule has 0 saturated carbocycles. The molecular formula is C21H27FN2O5S. The Hall–Kier alpha value is -2.65. The standard InChI is InChI=1S/C21H27FN2O5S/c1-6-24(7-2)30(26,27)20-13-16(9-11-19(20)29-5)21(25)23-14(3)15-8-10-18(28-4)17(22)12-15/h8-14H,6-7H2,1-5H3,(H,23,25). The zero-order valence-electron chi connectivity index (χ0n) is 17.7. The van der Waals surface area contributed by atoms with Crippen molar-refractivity contribution >= 4 is 15.9 Å². The summed E-state index contributed by atoms with van der Waals surface area (Å²) < 4.78 is 51.2. The van der Waals surface area contributed by atoms with E-state index in [0.29, 0.717) is 18.7 Å². The van der Waals surface area contributed by atoms with Gasteiger partial charge in [-0.1, -0.05) is 19.9 Å². The van der Waals surface area contributed by atoms with Crippen LogP contribution in [0.1, 0.15) is 42.7 Å². The Morgan fingerprint density at radius 1 is 1.07 bits per heavy atom. The van der Waals surface area contributed by atoms with Gasteiger partial charge in [0, 0.05) is 18.7 Å². The molecule has 2 rings (SSSR count). The van der Waals surface area contributed by atoms with Gasteiger partial charge in [0.1, 0.15) is 10.6 Å². The molecule has 1 unspecified atom stereocenters. The average Bonchev–Trinajstić information content (AvgIpc) is 2.73. The van der Waals surface area contributed by atoms with Crippen molar-refractivity contribution in [1.29, 1.82) is 0 Å². The van der Waals surface area contributed by atoms with Crippen molar-refractivity contribution in [2.45, 2.75) is 31.7 Å². The number of nitrogens with one attached hydrogen (secondary N) is 1. The Labute approximate surface area is 176 Å². The van der Waals surface area contributed by atoms with Crippen LogP contribution in [0.4, 0.5) is 4.39 Å².